The van der Waals surface area contributed by atoms with Crippen LogP contribution >= 0.6 is 0 Å². The third kappa shape index (κ3) is 2.64. The van der Waals surface area contributed by atoms with Crippen molar-refractivity contribution in [1.29, 1.82) is 0 Å². The van der Waals surface area contributed by atoms with Crippen molar-refractivity contribution >= 4 is 5.91 Å². The molecule has 0 aliphatic heterocycles. The van der Waals surface area contributed by atoms with Crippen LogP contribution in [0.3, 0.4) is 0 Å². The van der Waals surface area contributed by atoms with Crippen LogP contribution in [-0.2, 0) is 24.2 Å². The van der Waals surface area contributed by atoms with Crippen molar-refractivity contribution in [1.82, 2.24) is 10.3 Å². The first-order valence-corrected chi connectivity index (χ1v) is 6.75. The molecule has 0 fully saturated rings. The van der Waals surface area contributed by atoms with Crippen LogP contribution in [0.1, 0.15) is 16.8 Å². The number of hydrogen-bond acceptors (Lipinski definition) is 2. The molecule has 4 nitrogen and oxygen atoms in total. The average Bonchev–Trinajstić information content (AvgIpc) is 2.89. The van der Waals surface area contributed by atoms with Gasteiger partial charge in [-0.05, 0) is 30.0 Å². The summed E-state index contributed by atoms with van der Waals surface area (Å²) in [4.78, 5) is 26.0. The van der Waals surface area contributed by atoms with Gasteiger partial charge < -0.3 is 10.3 Å². The highest BCUT2D eigenvalue weighted by Crippen LogP contribution is 2.26. The zero-order valence-electron chi connectivity index (χ0n) is 11.1. The zero-order valence-corrected chi connectivity index (χ0v) is 11.1. The fourth-order valence-corrected chi connectivity index (χ4v) is 2.67. The molecule has 0 saturated heterocycles. The molecule has 3 rings (SSSR count). The van der Waals surface area contributed by atoms with E-state index in [0.717, 1.165) is 18.5 Å². The Labute approximate surface area is 116 Å². The maximum Gasteiger partial charge on any atom is 0.248 e. The lowest BCUT2D eigenvalue weighted by molar-refractivity contribution is -0.124. The minimum Gasteiger partial charge on any atom is -0.350 e. The molecule has 0 bridgehead atoms. The predicted octanol–water partition coefficient (Wildman–Crippen LogP) is 1.41. The monoisotopic (exact) mass is 268 g/mol. The molecule has 2 N–H and O–H groups in total. The molecular formula is C16H16N2O2. The number of carbonyl (C=O) groups is 1. The number of aromatic nitrogens is 1. The van der Waals surface area contributed by atoms with Crippen molar-refractivity contribution in [3.05, 3.63) is 69.6 Å². The Balaban J connectivity index is 1.60. The fourth-order valence-electron chi connectivity index (χ4n) is 2.67. The number of nitrogens with one attached hydrogen (secondary N) is 2. The Hall–Kier alpha value is -2.36. The number of rotatable bonds is 3. The van der Waals surface area contributed by atoms with E-state index < -0.39 is 0 Å². The first-order valence-electron chi connectivity index (χ1n) is 6.75. The molecular weight excluding hydrogens is 252 g/mol. The lowest BCUT2D eigenvalue weighted by Crippen LogP contribution is -2.31. The van der Waals surface area contributed by atoms with Crippen LogP contribution in [-0.4, -0.2) is 10.9 Å². The number of hydrogen-bond donors (Lipinski definition) is 2. The van der Waals surface area contributed by atoms with E-state index in [1.165, 1.54) is 17.2 Å². The van der Waals surface area contributed by atoms with Crippen LogP contribution in [0.15, 0.2) is 47.3 Å². The van der Waals surface area contributed by atoms with Gasteiger partial charge in [0.05, 0.1) is 6.54 Å². The van der Waals surface area contributed by atoms with E-state index >= 15 is 0 Å². The SMILES string of the molecule is O=C(NCc1cccc(=O)[nH]1)C1Cc2ccccc2C1. The molecule has 1 aliphatic carbocycles. The van der Waals surface area contributed by atoms with Crippen molar-refractivity contribution in [3.8, 4) is 0 Å². The summed E-state index contributed by atoms with van der Waals surface area (Å²) in [6, 6.07) is 13.1. The third-order valence-corrected chi connectivity index (χ3v) is 3.70. The average molecular weight is 268 g/mol. The van der Waals surface area contributed by atoms with Crippen LogP contribution in [0.4, 0.5) is 0 Å². The summed E-state index contributed by atoms with van der Waals surface area (Å²) in [5.41, 5.74) is 3.10. The summed E-state index contributed by atoms with van der Waals surface area (Å²) in [7, 11) is 0. The zero-order chi connectivity index (χ0) is 13.9. The Morgan fingerprint density at radius 3 is 2.45 bits per heavy atom. The van der Waals surface area contributed by atoms with Gasteiger partial charge >= 0.3 is 0 Å². The van der Waals surface area contributed by atoms with Gasteiger partial charge in [-0.15, -0.1) is 0 Å². The second kappa shape index (κ2) is 5.33. The first-order chi connectivity index (χ1) is 9.72. The summed E-state index contributed by atoms with van der Waals surface area (Å²) in [6.07, 6.45) is 1.60. The van der Waals surface area contributed by atoms with E-state index in [9.17, 15) is 9.59 Å². The van der Waals surface area contributed by atoms with Crippen molar-refractivity contribution < 1.29 is 4.79 Å². The number of H-pyrrole nitrogens is 1. The molecule has 0 radical (unpaired) electrons. The van der Waals surface area contributed by atoms with Crippen molar-refractivity contribution in [2.75, 3.05) is 0 Å². The van der Waals surface area contributed by atoms with Crippen LogP contribution in [0.25, 0.3) is 0 Å². The largest absolute Gasteiger partial charge is 0.350 e. The summed E-state index contributed by atoms with van der Waals surface area (Å²) in [5.74, 6) is 0.0498. The topological polar surface area (TPSA) is 62.0 Å². The Morgan fingerprint density at radius 2 is 1.80 bits per heavy atom. The lowest BCUT2D eigenvalue weighted by atomic mass is 10.1. The minimum absolute atomic E-state index is 0.00262. The van der Waals surface area contributed by atoms with Crippen molar-refractivity contribution in [2.45, 2.75) is 19.4 Å². The van der Waals surface area contributed by atoms with E-state index in [2.05, 4.69) is 22.4 Å². The van der Waals surface area contributed by atoms with Gasteiger partial charge in [0.25, 0.3) is 0 Å². The number of amides is 1. The number of pyridine rings is 1. The van der Waals surface area contributed by atoms with Crippen LogP contribution in [0.2, 0.25) is 0 Å². The van der Waals surface area contributed by atoms with Gasteiger partial charge in [0.1, 0.15) is 0 Å². The van der Waals surface area contributed by atoms with Gasteiger partial charge in [-0.25, -0.2) is 0 Å². The summed E-state index contributed by atoms with van der Waals surface area (Å²) in [6.45, 7) is 0.363. The van der Waals surface area contributed by atoms with Crippen LogP contribution in [0, 0.1) is 5.92 Å². The molecule has 0 saturated carbocycles. The summed E-state index contributed by atoms with van der Waals surface area (Å²) >= 11 is 0. The number of benzene rings is 1. The summed E-state index contributed by atoms with van der Waals surface area (Å²) in [5, 5.41) is 2.89. The van der Waals surface area contributed by atoms with Gasteiger partial charge in [0.15, 0.2) is 0 Å². The molecule has 0 spiro atoms. The highest BCUT2D eigenvalue weighted by molar-refractivity contribution is 5.80. The van der Waals surface area contributed by atoms with E-state index in [1.807, 2.05) is 12.1 Å². The molecule has 4 heteroatoms. The Bertz CT molecular complexity index is 666. The second-order valence-corrected chi connectivity index (χ2v) is 5.13. The molecule has 102 valence electrons. The molecule has 0 atom stereocenters. The third-order valence-electron chi connectivity index (χ3n) is 3.70. The smallest absolute Gasteiger partial charge is 0.248 e. The quantitative estimate of drug-likeness (QED) is 0.884. The minimum atomic E-state index is -0.148. The van der Waals surface area contributed by atoms with E-state index in [0.29, 0.717) is 6.54 Å². The molecule has 1 heterocycles. The first kappa shape index (κ1) is 12.7. The number of aromatic amines is 1. The molecule has 1 aliphatic rings. The van der Waals surface area contributed by atoms with Gasteiger partial charge in [-0.1, -0.05) is 30.3 Å². The van der Waals surface area contributed by atoms with E-state index in [1.54, 1.807) is 12.1 Å². The van der Waals surface area contributed by atoms with Gasteiger partial charge in [0, 0.05) is 17.7 Å². The van der Waals surface area contributed by atoms with E-state index in [-0.39, 0.29) is 17.4 Å². The number of fused-ring (bicyclic) bond motifs is 1. The Morgan fingerprint density at radius 1 is 1.10 bits per heavy atom. The van der Waals surface area contributed by atoms with E-state index in [4.69, 9.17) is 0 Å². The highest BCUT2D eigenvalue weighted by Gasteiger charge is 2.26. The predicted molar refractivity (Wildman–Crippen MR) is 76.2 cm³/mol. The molecule has 20 heavy (non-hydrogen) atoms. The van der Waals surface area contributed by atoms with Gasteiger partial charge in [-0.3, -0.25) is 9.59 Å². The summed E-state index contributed by atoms with van der Waals surface area (Å²) < 4.78 is 0. The maximum absolute atomic E-state index is 12.2. The van der Waals surface area contributed by atoms with Crippen LogP contribution < -0.4 is 10.9 Å². The molecule has 1 aromatic heterocycles. The standard InChI is InChI=1S/C16H16N2O2/c19-15-7-3-6-14(18-15)10-17-16(20)13-8-11-4-1-2-5-12(11)9-13/h1-7,13H,8-10H2,(H,17,20)(H,18,19). The molecule has 1 aromatic carbocycles. The van der Waals surface area contributed by atoms with Crippen LogP contribution in [0.5, 0.6) is 0 Å². The second-order valence-electron chi connectivity index (χ2n) is 5.13. The highest BCUT2D eigenvalue weighted by atomic mass is 16.2. The lowest BCUT2D eigenvalue weighted by Gasteiger charge is -2.10. The fraction of sp³-hybridized carbons (Fsp3) is 0.250. The van der Waals surface area contributed by atoms with Gasteiger partial charge in [-0.2, -0.15) is 0 Å². The molecule has 1 amide bonds. The molecule has 0 unspecified atom stereocenters. The Kier molecular flexibility index (Phi) is 3.37. The van der Waals surface area contributed by atoms with Crippen molar-refractivity contribution in [2.24, 2.45) is 5.92 Å². The van der Waals surface area contributed by atoms with Gasteiger partial charge in [0.2, 0.25) is 11.5 Å². The maximum atomic E-state index is 12.2. The number of carbonyl (C=O) groups excluding carboxylic acids is 1. The van der Waals surface area contributed by atoms with Crippen molar-refractivity contribution in [3.63, 3.8) is 0 Å². The molecule has 2 aromatic rings. The normalized spacial score (nSPS) is 14.0.